The van der Waals surface area contributed by atoms with E-state index in [9.17, 15) is 13.5 Å². The van der Waals surface area contributed by atoms with Gasteiger partial charge in [-0.2, -0.15) is 4.98 Å². The first-order chi connectivity index (χ1) is 7.96. The molecule has 0 aromatic carbocycles. The average Bonchev–Trinajstić information content (AvgIpc) is 2.64. The summed E-state index contributed by atoms with van der Waals surface area (Å²) in [7, 11) is -3.24. The predicted molar refractivity (Wildman–Crippen MR) is 57.7 cm³/mol. The first kappa shape index (κ1) is 11.5. The van der Waals surface area contributed by atoms with Crippen molar-refractivity contribution in [3.8, 4) is 17.3 Å². The zero-order chi connectivity index (χ0) is 12.5. The fraction of sp³-hybridized carbons (Fsp3) is 0.222. The third-order valence-corrected chi connectivity index (χ3v) is 2.62. The fourth-order valence-electron chi connectivity index (χ4n) is 1.20. The highest BCUT2D eigenvalue weighted by Gasteiger charge is 2.16. The summed E-state index contributed by atoms with van der Waals surface area (Å²) in [5.41, 5.74) is 0.149. The Morgan fingerprint density at radius 1 is 1.47 bits per heavy atom. The summed E-state index contributed by atoms with van der Waals surface area (Å²) in [6, 6.07) is 2.98. The van der Waals surface area contributed by atoms with Crippen LogP contribution in [0.5, 0.6) is 5.75 Å². The van der Waals surface area contributed by atoms with Gasteiger partial charge in [0.2, 0.25) is 11.7 Å². The topological polar surface area (TPSA) is 106 Å². The van der Waals surface area contributed by atoms with E-state index >= 15 is 0 Å². The van der Waals surface area contributed by atoms with Crippen LogP contribution in [0.4, 0.5) is 0 Å². The predicted octanol–water partition coefficient (Wildman–Crippen LogP) is 0.382. The van der Waals surface area contributed by atoms with Crippen molar-refractivity contribution >= 4 is 9.84 Å². The van der Waals surface area contributed by atoms with Gasteiger partial charge in [-0.1, -0.05) is 5.16 Å². The zero-order valence-electron chi connectivity index (χ0n) is 8.86. The largest absolute Gasteiger partial charge is 0.506 e. The molecule has 0 spiro atoms. The maximum Gasteiger partial charge on any atom is 0.242 e. The van der Waals surface area contributed by atoms with Gasteiger partial charge in [-0.05, 0) is 12.1 Å². The van der Waals surface area contributed by atoms with E-state index in [0.29, 0.717) is 0 Å². The summed E-state index contributed by atoms with van der Waals surface area (Å²) in [6.07, 6.45) is 2.52. The monoisotopic (exact) mass is 255 g/mol. The molecule has 0 atom stereocenters. The SMILES string of the molecule is CS(=O)(=O)Cc1nc(-c2ncccc2O)no1. The molecule has 0 unspecified atom stereocenters. The van der Waals surface area contributed by atoms with Gasteiger partial charge in [0, 0.05) is 12.5 Å². The maximum atomic E-state index is 11.0. The van der Waals surface area contributed by atoms with E-state index in [1.54, 1.807) is 6.07 Å². The first-order valence-corrected chi connectivity index (χ1v) is 6.66. The molecular formula is C9H9N3O4S. The van der Waals surface area contributed by atoms with Crippen LogP contribution in [0.25, 0.3) is 11.5 Å². The molecule has 0 amide bonds. The molecule has 90 valence electrons. The number of sulfone groups is 1. The van der Waals surface area contributed by atoms with Crippen molar-refractivity contribution in [3.63, 3.8) is 0 Å². The second kappa shape index (κ2) is 4.13. The number of hydrogen-bond acceptors (Lipinski definition) is 7. The van der Waals surface area contributed by atoms with E-state index in [0.717, 1.165) is 6.26 Å². The lowest BCUT2D eigenvalue weighted by atomic mass is 10.3. The molecule has 0 fully saturated rings. The molecule has 17 heavy (non-hydrogen) atoms. The van der Waals surface area contributed by atoms with Gasteiger partial charge in [-0.3, -0.25) is 0 Å². The number of aromatic hydroxyl groups is 1. The molecule has 0 saturated carbocycles. The standard InChI is InChI=1S/C9H9N3O4S/c1-17(14,15)5-7-11-9(12-16-7)8-6(13)3-2-4-10-8/h2-4,13H,5H2,1H3. The number of rotatable bonds is 3. The molecule has 2 heterocycles. The van der Waals surface area contributed by atoms with Crippen LogP contribution in [0.15, 0.2) is 22.9 Å². The van der Waals surface area contributed by atoms with Crippen molar-refractivity contribution in [2.45, 2.75) is 5.75 Å². The van der Waals surface area contributed by atoms with Gasteiger partial charge >= 0.3 is 0 Å². The highest BCUT2D eigenvalue weighted by atomic mass is 32.2. The van der Waals surface area contributed by atoms with Gasteiger partial charge < -0.3 is 9.63 Å². The first-order valence-electron chi connectivity index (χ1n) is 4.60. The number of pyridine rings is 1. The second-order valence-electron chi connectivity index (χ2n) is 3.45. The Hall–Kier alpha value is -1.96. The van der Waals surface area contributed by atoms with Crippen molar-refractivity contribution in [2.24, 2.45) is 0 Å². The molecule has 0 aliphatic heterocycles. The van der Waals surface area contributed by atoms with Crippen LogP contribution >= 0.6 is 0 Å². The highest BCUT2D eigenvalue weighted by molar-refractivity contribution is 7.89. The Labute approximate surface area is 97.0 Å². The molecular weight excluding hydrogens is 246 g/mol. The molecule has 0 aliphatic rings. The number of nitrogens with zero attached hydrogens (tertiary/aromatic N) is 3. The van der Waals surface area contributed by atoms with Gasteiger partial charge in [0.25, 0.3) is 0 Å². The summed E-state index contributed by atoms with van der Waals surface area (Å²) < 4.78 is 26.8. The Kier molecular flexibility index (Phi) is 2.80. The van der Waals surface area contributed by atoms with Crippen LogP contribution < -0.4 is 0 Å². The van der Waals surface area contributed by atoms with E-state index in [4.69, 9.17) is 4.52 Å². The van der Waals surface area contributed by atoms with Gasteiger partial charge in [-0.25, -0.2) is 13.4 Å². The summed E-state index contributed by atoms with van der Waals surface area (Å²) in [6.45, 7) is 0. The van der Waals surface area contributed by atoms with Gasteiger partial charge in [0.1, 0.15) is 11.5 Å². The Morgan fingerprint density at radius 3 is 2.88 bits per heavy atom. The van der Waals surface area contributed by atoms with Crippen LogP contribution in [-0.2, 0) is 15.6 Å². The third kappa shape index (κ3) is 2.78. The van der Waals surface area contributed by atoms with Crippen molar-refractivity contribution in [2.75, 3.05) is 6.26 Å². The minimum absolute atomic E-state index is 0.0347. The molecule has 0 bridgehead atoms. The summed E-state index contributed by atoms with van der Waals surface area (Å²) in [5, 5.41) is 13.1. The van der Waals surface area contributed by atoms with E-state index < -0.39 is 9.84 Å². The van der Waals surface area contributed by atoms with Crippen molar-refractivity contribution in [1.82, 2.24) is 15.1 Å². The molecule has 0 radical (unpaired) electrons. The Bertz CT molecular complexity index is 635. The number of aromatic nitrogens is 3. The van der Waals surface area contributed by atoms with Crippen LogP contribution in [-0.4, -0.2) is 34.9 Å². The van der Waals surface area contributed by atoms with Crippen LogP contribution in [0.1, 0.15) is 5.89 Å². The minimum atomic E-state index is -3.24. The molecule has 0 saturated heterocycles. The maximum absolute atomic E-state index is 11.0. The fourth-order valence-corrected chi connectivity index (χ4v) is 1.77. The molecule has 1 N–H and O–H groups in total. The summed E-state index contributed by atoms with van der Waals surface area (Å²) in [4.78, 5) is 7.72. The van der Waals surface area contributed by atoms with E-state index in [2.05, 4.69) is 15.1 Å². The Morgan fingerprint density at radius 2 is 2.24 bits per heavy atom. The van der Waals surface area contributed by atoms with E-state index in [1.807, 2.05) is 0 Å². The van der Waals surface area contributed by atoms with Gasteiger partial charge in [0.05, 0.1) is 0 Å². The lowest BCUT2D eigenvalue weighted by Gasteiger charge is -1.95. The van der Waals surface area contributed by atoms with Crippen molar-refractivity contribution in [1.29, 1.82) is 0 Å². The van der Waals surface area contributed by atoms with Gasteiger partial charge in [-0.15, -0.1) is 0 Å². The lowest BCUT2D eigenvalue weighted by Crippen LogP contribution is -2.00. The molecule has 2 aromatic heterocycles. The summed E-state index contributed by atoms with van der Waals surface area (Å²) >= 11 is 0. The molecule has 2 aromatic rings. The number of hydrogen-bond donors (Lipinski definition) is 1. The second-order valence-corrected chi connectivity index (χ2v) is 5.59. The van der Waals surface area contributed by atoms with Crippen LogP contribution in [0.3, 0.4) is 0 Å². The van der Waals surface area contributed by atoms with Crippen LogP contribution in [0, 0.1) is 0 Å². The highest BCUT2D eigenvalue weighted by Crippen LogP contribution is 2.23. The molecule has 2 rings (SSSR count). The summed E-state index contributed by atoms with van der Waals surface area (Å²) in [5.74, 6) is -0.415. The third-order valence-electron chi connectivity index (χ3n) is 1.85. The smallest absolute Gasteiger partial charge is 0.242 e. The lowest BCUT2D eigenvalue weighted by molar-refractivity contribution is 0.388. The zero-order valence-corrected chi connectivity index (χ0v) is 9.68. The van der Waals surface area contributed by atoms with Crippen LogP contribution in [0.2, 0.25) is 0 Å². The minimum Gasteiger partial charge on any atom is -0.506 e. The molecule has 7 nitrogen and oxygen atoms in total. The van der Waals surface area contributed by atoms with E-state index in [1.165, 1.54) is 12.3 Å². The van der Waals surface area contributed by atoms with Crippen molar-refractivity contribution < 1.29 is 18.0 Å². The normalized spacial score (nSPS) is 11.6. The molecule has 8 heteroatoms. The quantitative estimate of drug-likeness (QED) is 0.844. The molecule has 0 aliphatic carbocycles. The Balaban J connectivity index is 2.34. The van der Waals surface area contributed by atoms with E-state index in [-0.39, 0.29) is 28.9 Å². The van der Waals surface area contributed by atoms with Gasteiger partial charge in [0.15, 0.2) is 15.5 Å². The van der Waals surface area contributed by atoms with Crippen molar-refractivity contribution in [3.05, 3.63) is 24.2 Å². The average molecular weight is 255 g/mol.